The van der Waals surface area contributed by atoms with Crippen molar-refractivity contribution in [2.45, 2.75) is 32.1 Å². The van der Waals surface area contributed by atoms with Gasteiger partial charge in [-0.05, 0) is 80.3 Å². The zero-order valence-corrected chi connectivity index (χ0v) is 16.5. The van der Waals surface area contributed by atoms with Crippen molar-refractivity contribution >= 4 is 6.08 Å². The van der Waals surface area contributed by atoms with Gasteiger partial charge in [-0.3, -0.25) is 0 Å². The van der Waals surface area contributed by atoms with Crippen molar-refractivity contribution in [3.63, 3.8) is 0 Å². The number of nitrogens with zero attached hydrogens (tertiary/aromatic N) is 1. The number of hydrogen-bond donors (Lipinski definition) is 1. The molecule has 4 heteroatoms. The largest absolute Gasteiger partial charge is 0.497 e. The van der Waals surface area contributed by atoms with Crippen LogP contribution in [0.4, 0.5) is 0 Å². The third-order valence-corrected chi connectivity index (χ3v) is 5.30. The van der Waals surface area contributed by atoms with Gasteiger partial charge in [0.15, 0.2) is 0 Å². The van der Waals surface area contributed by atoms with E-state index < -0.39 is 0 Å². The number of nitrogens with one attached hydrogen (secondary N) is 1. The van der Waals surface area contributed by atoms with Gasteiger partial charge in [0.05, 0.1) is 25.6 Å². The molecule has 4 nitrogen and oxygen atoms in total. The summed E-state index contributed by atoms with van der Waals surface area (Å²) in [6.07, 6.45) is 8.49. The van der Waals surface area contributed by atoms with E-state index in [9.17, 15) is 0 Å². The maximum Gasteiger partial charge on any atom is 0.131 e. The minimum Gasteiger partial charge on any atom is -0.497 e. The van der Waals surface area contributed by atoms with E-state index in [0.29, 0.717) is 0 Å². The summed E-state index contributed by atoms with van der Waals surface area (Å²) in [5.41, 5.74) is 5.62. The van der Waals surface area contributed by atoms with Crippen LogP contribution in [0.15, 0.2) is 54.1 Å². The van der Waals surface area contributed by atoms with Crippen LogP contribution in [0, 0.1) is 0 Å². The zero-order valence-electron chi connectivity index (χ0n) is 16.5. The van der Waals surface area contributed by atoms with Gasteiger partial charge in [0, 0.05) is 11.1 Å². The maximum absolute atomic E-state index is 5.30. The molecule has 1 heterocycles. The van der Waals surface area contributed by atoms with Crippen molar-refractivity contribution in [3.8, 4) is 34.0 Å². The van der Waals surface area contributed by atoms with Crippen molar-refractivity contribution in [3.05, 3.63) is 59.9 Å². The number of rotatable bonds is 5. The highest BCUT2D eigenvalue weighted by molar-refractivity contribution is 5.80. The Kier molecular flexibility index (Phi) is 5.47. The molecule has 0 aliphatic heterocycles. The highest BCUT2D eigenvalue weighted by Crippen LogP contribution is 2.33. The van der Waals surface area contributed by atoms with E-state index in [0.717, 1.165) is 39.8 Å². The highest BCUT2D eigenvalue weighted by Gasteiger charge is 2.15. The minimum absolute atomic E-state index is 0.842. The predicted octanol–water partition coefficient (Wildman–Crippen LogP) is 6.11. The lowest BCUT2D eigenvalue weighted by atomic mass is 9.95. The maximum atomic E-state index is 5.30. The number of aromatic nitrogens is 2. The molecule has 1 saturated carbocycles. The fraction of sp³-hybridized carbons (Fsp3) is 0.292. The van der Waals surface area contributed by atoms with E-state index >= 15 is 0 Å². The Morgan fingerprint density at radius 2 is 1.36 bits per heavy atom. The normalized spacial score (nSPS) is 14.0. The number of aromatic amines is 1. The molecule has 28 heavy (non-hydrogen) atoms. The second kappa shape index (κ2) is 8.34. The van der Waals surface area contributed by atoms with Crippen LogP contribution in [0.25, 0.3) is 28.6 Å². The molecule has 0 atom stereocenters. The quantitative estimate of drug-likeness (QED) is 0.586. The number of H-pyrrole nitrogens is 1. The molecule has 1 fully saturated rings. The third kappa shape index (κ3) is 3.96. The Bertz CT molecular complexity index is 880. The summed E-state index contributed by atoms with van der Waals surface area (Å²) in [5.74, 6) is 2.61. The molecule has 0 amide bonds. The number of imidazole rings is 1. The molecule has 0 radical (unpaired) electrons. The first-order chi connectivity index (χ1) is 13.8. The average molecular weight is 374 g/mol. The molecule has 4 rings (SSSR count). The molecule has 2 aromatic carbocycles. The van der Waals surface area contributed by atoms with Crippen LogP contribution < -0.4 is 9.47 Å². The van der Waals surface area contributed by atoms with Gasteiger partial charge >= 0.3 is 0 Å². The van der Waals surface area contributed by atoms with Crippen LogP contribution in [-0.4, -0.2) is 24.2 Å². The monoisotopic (exact) mass is 374 g/mol. The van der Waals surface area contributed by atoms with E-state index in [1.54, 1.807) is 14.2 Å². The summed E-state index contributed by atoms with van der Waals surface area (Å²) in [6.45, 7) is 0. The SMILES string of the molecule is COc1ccc(-c2nc(C=C3CCCCC3)[nH]c2-c2ccc(OC)cc2)cc1. The van der Waals surface area contributed by atoms with Crippen LogP contribution in [0.1, 0.15) is 37.9 Å². The summed E-state index contributed by atoms with van der Waals surface area (Å²) in [6, 6.07) is 16.1. The van der Waals surface area contributed by atoms with Crippen LogP contribution in [0.2, 0.25) is 0 Å². The third-order valence-electron chi connectivity index (χ3n) is 5.30. The van der Waals surface area contributed by atoms with Gasteiger partial charge in [-0.15, -0.1) is 0 Å². The van der Waals surface area contributed by atoms with Gasteiger partial charge in [0.25, 0.3) is 0 Å². The Morgan fingerprint density at radius 1 is 0.786 bits per heavy atom. The van der Waals surface area contributed by atoms with Gasteiger partial charge in [-0.1, -0.05) is 12.0 Å². The lowest BCUT2D eigenvalue weighted by Crippen LogP contribution is -1.93. The molecule has 1 aromatic heterocycles. The summed E-state index contributed by atoms with van der Waals surface area (Å²) >= 11 is 0. The molecular weight excluding hydrogens is 348 g/mol. The predicted molar refractivity (Wildman–Crippen MR) is 114 cm³/mol. The lowest BCUT2D eigenvalue weighted by molar-refractivity contribution is 0.414. The van der Waals surface area contributed by atoms with Crippen LogP contribution in [0.3, 0.4) is 0 Å². The van der Waals surface area contributed by atoms with Crippen molar-refractivity contribution in [1.82, 2.24) is 9.97 Å². The highest BCUT2D eigenvalue weighted by atomic mass is 16.5. The zero-order chi connectivity index (χ0) is 19.3. The molecule has 0 spiro atoms. The van der Waals surface area contributed by atoms with Crippen molar-refractivity contribution in [2.24, 2.45) is 0 Å². The first kappa shape index (κ1) is 18.4. The Morgan fingerprint density at radius 3 is 1.93 bits per heavy atom. The first-order valence-electron chi connectivity index (χ1n) is 9.85. The van der Waals surface area contributed by atoms with Crippen LogP contribution >= 0.6 is 0 Å². The van der Waals surface area contributed by atoms with E-state index in [4.69, 9.17) is 14.5 Å². The molecule has 0 saturated heterocycles. The van der Waals surface area contributed by atoms with E-state index in [1.165, 1.54) is 37.7 Å². The number of benzene rings is 2. The molecule has 144 valence electrons. The molecule has 3 aromatic rings. The van der Waals surface area contributed by atoms with Crippen molar-refractivity contribution < 1.29 is 9.47 Å². The van der Waals surface area contributed by atoms with Crippen LogP contribution in [-0.2, 0) is 0 Å². The van der Waals surface area contributed by atoms with Gasteiger partial charge in [0.1, 0.15) is 17.3 Å². The number of hydrogen-bond acceptors (Lipinski definition) is 3. The number of methoxy groups -OCH3 is 2. The average Bonchev–Trinajstić information content (AvgIpc) is 3.18. The molecule has 1 aliphatic rings. The second-order valence-electron chi connectivity index (χ2n) is 7.17. The standard InChI is InChI=1S/C24H26N2O2/c1-27-20-12-8-18(9-13-20)23-24(19-10-14-21(28-2)15-11-19)26-22(25-23)16-17-6-4-3-5-7-17/h8-16H,3-7H2,1-2H3,(H,25,26). The van der Waals surface area contributed by atoms with E-state index in [2.05, 4.69) is 35.3 Å². The van der Waals surface area contributed by atoms with E-state index in [-0.39, 0.29) is 0 Å². The molecule has 0 bridgehead atoms. The van der Waals surface area contributed by atoms with E-state index in [1.807, 2.05) is 24.3 Å². The smallest absolute Gasteiger partial charge is 0.131 e. The van der Waals surface area contributed by atoms with Gasteiger partial charge in [-0.2, -0.15) is 0 Å². The van der Waals surface area contributed by atoms with Crippen LogP contribution in [0.5, 0.6) is 11.5 Å². The molecule has 1 aliphatic carbocycles. The topological polar surface area (TPSA) is 47.1 Å². The van der Waals surface area contributed by atoms with Crippen molar-refractivity contribution in [1.29, 1.82) is 0 Å². The molecule has 1 N–H and O–H groups in total. The first-order valence-corrected chi connectivity index (χ1v) is 9.85. The lowest BCUT2D eigenvalue weighted by Gasteiger charge is -2.12. The van der Waals surface area contributed by atoms with Crippen molar-refractivity contribution in [2.75, 3.05) is 14.2 Å². The molecular formula is C24H26N2O2. The number of allylic oxidation sites excluding steroid dienone is 1. The fourth-order valence-electron chi connectivity index (χ4n) is 3.73. The second-order valence-corrected chi connectivity index (χ2v) is 7.17. The van der Waals surface area contributed by atoms with Gasteiger partial charge < -0.3 is 14.5 Å². The molecule has 0 unspecified atom stereocenters. The minimum atomic E-state index is 0.842. The Balaban J connectivity index is 1.76. The number of ether oxygens (including phenoxy) is 2. The summed E-state index contributed by atoms with van der Waals surface area (Å²) < 4.78 is 10.6. The Labute approximate surface area is 166 Å². The Hall–Kier alpha value is -3.01. The summed E-state index contributed by atoms with van der Waals surface area (Å²) in [4.78, 5) is 8.50. The van der Waals surface area contributed by atoms with Gasteiger partial charge in [-0.25, -0.2) is 4.98 Å². The summed E-state index contributed by atoms with van der Waals surface area (Å²) in [7, 11) is 3.36. The van der Waals surface area contributed by atoms with Gasteiger partial charge in [0.2, 0.25) is 0 Å². The summed E-state index contributed by atoms with van der Waals surface area (Å²) in [5, 5.41) is 0. The fourth-order valence-corrected chi connectivity index (χ4v) is 3.73.